The van der Waals surface area contributed by atoms with Gasteiger partial charge in [-0.3, -0.25) is 15.3 Å². The Morgan fingerprint density at radius 2 is 2.20 bits per heavy atom. The van der Waals surface area contributed by atoms with Crippen LogP contribution in [0.3, 0.4) is 0 Å². The molecule has 0 spiro atoms. The van der Waals surface area contributed by atoms with Crippen LogP contribution in [-0.4, -0.2) is 50.0 Å². The molecule has 0 aliphatic heterocycles. The molecule has 0 saturated heterocycles. The number of aromatic nitrogens is 2. The Morgan fingerprint density at radius 1 is 1.55 bits per heavy atom. The van der Waals surface area contributed by atoms with Crippen molar-refractivity contribution < 1.29 is 24.5 Å². The van der Waals surface area contributed by atoms with Gasteiger partial charge in [0.15, 0.2) is 5.82 Å². The van der Waals surface area contributed by atoms with Crippen LogP contribution < -0.4 is 11.2 Å². The van der Waals surface area contributed by atoms with Gasteiger partial charge in [-0.2, -0.15) is 4.98 Å². The minimum Gasteiger partial charge on any atom is -0.394 e. The third kappa shape index (κ3) is 3.97. The zero-order valence-electron chi connectivity index (χ0n) is 11.1. The molecule has 0 amide bonds. The molecule has 1 aromatic heterocycles. The quantitative estimate of drug-likeness (QED) is 0.508. The summed E-state index contributed by atoms with van der Waals surface area (Å²) in [6, 6.07) is 1.32. The number of ether oxygens (including phenoxy) is 1. The third-order valence-electron chi connectivity index (χ3n) is 2.74. The molecule has 0 radical (unpaired) electrons. The number of hydrogen-bond donors (Lipinski definition) is 4. The second kappa shape index (κ2) is 7.29. The lowest BCUT2D eigenvalue weighted by molar-refractivity contribution is -0.132. The van der Waals surface area contributed by atoms with Gasteiger partial charge in [0.25, 0.3) is 0 Å². The number of aliphatic hydroxyl groups is 2. The lowest BCUT2D eigenvalue weighted by Crippen LogP contribution is -2.40. The van der Waals surface area contributed by atoms with Crippen molar-refractivity contribution in [1.29, 1.82) is 0 Å². The number of aliphatic hydroxyl groups excluding tert-OH is 2. The van der Waals surface area contributed by atoms with Crippen molar-refractivity contribution >= 4 is 5.82 Å². The van der Waals surface area contributed by atoms with E-state index in [0.29, 0.717) is 0 Å². The van der Waals surface area contributed by atoms with E-state index in [0.717, 1.165) is 11.5 Å². The maximum Gasteiger partial charge on any atom is 0.351 e. The standard InChI is InChI=1S/C11H18FN3O5/c1-6(12)10(17)8(5-16)20-7(2)15-4-3-9(14-19)13-11(15)18/h3-4,6-8,10,16-17,19H,5H2,1-2H3,(H,13,14,18). The van der Waals surface area contributed by atoms with Gasteiger partial charge in [0.2, 0.25) is 0 Å². The van der Waals surface area contributed by atoms with Gasteiger partial charge < -0.3 is 14.9 Å². The fourth-order valence-corrected chi connectivity index (χ4v) is 1.60. The summed E-state index contributed by atoms with van der Waals surface area (Å²) < 4.78 is 19.3. The molecule has 0 aromatic carbocycles. The van der Waals surface area contributed by atoms with E-state index in [9.17, 15) is 14.3 Å². The van der Waals surface area contributed by atoms with Crippen LogP contribution in [0.15, 0.2) is 17.1 Å². The van der Waals surface area contributed by atoms with E-state index in [1.54, 1.807) is 5.48 Å². The van der Waals surface area contributed by atoms with Crippen LogP contribution >= 0.6 is 0 Å². The summed E-state index contributed by atoms with van der Waals surface area (Å²) in [5.41, 5.74) is 1.01. The summed E-state index contributed by atoms with van der Waals surface area (Å²) in [5, 5.41) is 27.2. The van der Waals surface area contributed by atoms with E-state index in [1.165, 1.54) is 19.2 Å². The largest absolute Gasteiger partial charge is 0.394 e. The SMILES string of the molecule is CC(F)C(O)C(CO)OC(C)n1ccc(NO)nc1=O. The zero-order valence-corrected chi connectivity index (χ0v) is 11.1. The summed E-state index contributed by atoms with van der Waals surface area (Å²) in [6.45, 7) is 2.02. The van der Waals surface area contributed by atoms with Crippen molar-refractivity contribution in [3.63, 3.8) is 0 Å². The number of anilines is 1. The predicted octanol–water partition coefficient (Wildman–Crippen LogP) is -0.341. The Morgan fingerprint density at radius 3 is 2.65 bits per heavy atom. The second-order valence-corrected chi connectivity index (χ2v) is 4.24. The fraction of sp³-hybridized carbons (Fsp3) is 0.636. The summed E-state index contributed by atoms with van der Waals surface area (Å²) in [6.07, 6.45) is -3.85. The van der Waals surface area contributed by atoms with Crippen LogP contribution in [0.1, 0.15) is 20.1 Å². The van der Waals surface area contributed by atoms with Crippen LogP contribution in [-0.2, 0) is 4.74 Å². The molecule has 8 nitrogen and oxygen atoms in total. The van der Waals surface area contributed by atoms with Gasteiger partial charge in [0.1, 0.15) is 24.6 Å². The lowest BCUT2D eigenvalue weighted by Gasteiger charge is -2.26. The van der Waals surface area contributed by atoms with Gasteiger partial charge >= 0.3 is 5.69 Å². The van der Waals surface area contributed by atoms with Crippen LogP contribution in [0.2, 0.25) is 0 Å². The molecule has 4 atom stereocenters. The highest BCUT2D eigenvalue weighted by atomic mass is 19.1. The van der Waals surface area contributed by atoms with Gasteiger partial charge in [-0.1, -0.05) is 0 Å². The van der Waals surface area contributed by atoms with Crippen molar-refractivity contribution in [2.75, 3.05) is 12.1 Å². The average molecular weight is 291 g/mol. The van der Waals surface area contributed by atoms with E-state index in [-0.39, 0.29) is 5.82 Å². The minimum atomic E-state index is -1.59. The first-order chi connectivity index (χ1) is 9.40. The van der Waals surface area contributed by atoms with Gasteiger partial charge in [-0.15, -0.1) is 0 Å². The minimum absolute atomic E-state index is 0.0328. The number of halogens is 1. The topological polar surface area (TPSA) is 117 Å². The van der Waals surface area contributed by atoms with E-state index in [2.05, 4.69) is 4.98 Å². The maximum absolute atomic E-state index is 13.0. The van der Waals surface area contributed by atoms with E-state index < -0.39 is 36.9 Å². The molecule has 114 valence electrons. The average Bonchev–Trinajstić information content (AvgIpc) is 2.43. The van der Waals surface area contributed by atoms with Crippen LogP contribution in [0.25, 0.3) is 0 Å². The van der Waals surface area contributed by atoms with Crippen molar-refractivity contribution in [2.45, 2.75) is 38.5 Å². The van der Waals surface area contributed by atoms with Crippen LogP contribution in [0.5, 0.6) is 0 Å². The first-order valence-electron chi connectivity index (χ1n) is 5.98. The Balaban J connectivity index is 2.84. The number of rotatable bonds is 7. The third-order valence-corrected chi connectivity index (χ3v) is 2.74. The molecule has 0 aliphatic carbocycles. The molecule has 9 heteroatoms. The van der Waals surface area contributed by atoms with Gasteiger partial charge in [-0.05, 0) is 19.9 Å². The zero-order chi connectivity index (χ0) is 15.3. The van der Waals surface area contributed by atoms with Crippen molar-refractivity contribution in [2.24, 2.45) is 0 Å². The summed E-state index contributed by atoms with van der Waals surface area (Å²) >= 11 is 0. The molecule has 1 aromatic rings. The number of nitrogens with one attached hydrogen (secondary N) is 1. The van der Waals surface area contributed by atoms with Gasteiger partial charge in [0.05, 0.1) is 6.61 Å². The summed E-state index contributed by atoms with van der Waals surface area (Å²) in [7, 11) is 0. The highest BCUT2D eigenvalue weighted by Crippen LogP contribution is 2.14. The van der Waals surface area contributed by atoms with E-state index >= 15 is 0 Å². The first-order valence-corrected chi connectivity index (χ1v) is 5.98. The highest BCUT2D eigenvalue weighted by molar-refractivity contribution is 5.27. The fourth-order valence-electron chi connectivity index (χ4n) is 1.60. The van der Waals surface area contributed by atoms with Gasteiger partial charge in [-0.25, -0.2) is 9.18 Å². The molecule has 0 bridgehead atoms. The van der Waals surface area contributed by atoms with Crippen molar-refractivity contribution in [3.05, 3.63) is 22.7 Å². The maximum atomic E-state index is 13.0. The van der Waals surface area contributed by atoms with E-state index in [1.807, 2.05) is 0 Å². The monoisotopic (exact) mass is 291 g/mol. The van der Waals surface area contributed by atoms with Crippen molar-refractivity contribution in [3.8, 4) is 0 Å². The molecule has 0 fully saturated rings. The molecule has 4 unspecified atom stereocenters. The molecular formula is C11H18FN3O5. The normalized spacial score (nSPS) is 17.3. The van der Waals surface area contributed by atoms with Gasteiger partial charge in [0, 0.05) is 6.20 Å². The van der Waals surface area contributed by atoms with Crippen LogP contribution in [0.4, 0.5) is 10.2 Å². The summed E-state index contributed by atoms with van der Waals surface area (Å²) in [5.74, 6) is -0.0328. The molecule has 4 N–H and O–H groups in total. The lowest BCUT2D eigenvalue weighted by atomic mass is 10.1. The Labute approximate surface area is 114 Å². The number of hydrogen-bond acceptors (Lipinski definition) is 7. The molecular weight excluding hydrogens is 273 g/mol. The molecule has 0 aliphatic rings. The second-order valence-electron chi connectivity index (χ2n) is 4.24. The molecule has 20 heavy (non-hydrogen) atoms. The number of nitrogens with zero attached hydrogens (tertiary/aromatic N) is 2. The Hall–Kier alpha value is -1.55. The first kappa shape index (κ1) is 16.5. The molecule has 0 saturated carbocycles. The highest BCUT2D eigenvalue weighted by Gasteiger charge is 2.27. The summed E-state index contributed by atoms with van der Waals surface area (Å²) in [4.78, 5) is 15.1. The predicted molar refractivity (Wildman–Crippen MR) is 67.2 cm³/mol. The van der Waals surface area contributed by atoms with E-state index in [4.69, 9.17) is 15.1 Å². The van der Waals surface area contributed by atoms with Crippen molar-refractivity contribution in [1.82, 2.24) is 9.55 Å². The Bertz CT molecular complexity index is 481. The molecule has 1 rings (SSSR count). The smallest absolute Gasteiger partial charge is 0.351 e. The Kier molecular flexibility index (Phi) is 6.02. The van der Waals surface area contributed by atoms with Crippen LogP contribution in [0, 0.1) is 0 Å². The number of alkyl halides is 1. The molecule has 1 heterocycles.